The van der Waals surface area contributed by atoms with Gasteiger partial charge in [0.2, 0.25) is 0 Å². The molecule has 1 aliphatic carbocycles. The Bertz CT molecular complexity index is 544. The Labute approximate surface area is 138 Å². The number of hydrogen-bond donors (Lipinski definition) is 2. The predicted molar refractivity (Wildman–Crippen MR) is 85.5 cm³/mol. The number of ketones is 1. The van der Waals surface area contributed by atoms with Crippen LogP contribution in [0.15, 0.2) is 10.8 Å². The highest BCUT2D eigenvalue weighted by atomic mass is 79.9. The number of alkyl carbamates (subject to hydrolysis) is 1. The molecule has 7 heteroatoms. The minimum atomic E-state index is -0.567. The fourth-order valence-electron chi connectivity index (χ4n) is 3.11. The van der Waals surface area contributed by atoms with Crippen molar-refractivity contribution < 1.29 is 14.3 Å². The number of aromatic nitrogens is 2. The summed E-state index contributed by atoms with van der Waals surface area (Å²) in [5, 5.41) is 2.67. The molecule has 6 nitrogen and oxygen atoms in total. The van der Waals surface area contributed by atoms with E-state index in [1.165, 1.54) is 7.11 Å². The zero-order chi connectivity index (χ0) is 16.3. The number of amides is 1. The highest BCUT2D eigenvalue weighted by molar-refractivity contribution is 9.10. The molecule has 1 unspecified atom stereocenters. The van der Waals surface area contributed by atoms with E-state index in [1.54, 1.807) is 6.20 Å². The molecule has 1 aromatic heterocycles. The van der Waals surface area contributed by atoms with Crippen molar-refractivity contribution in [3.05, 3.63) is 16.6 Å². The second-order valence-electron chi connectivity index (χ2n) is 6.02. The fraction of sp³-hybridized carbons (Fsp3) is 0.667. The highest BCUT2D eigenvalue weighted by Gasteiger charge is 2.40. The molecule has 1 aromatic rings. The second-order valence-corrected chi connectivity index (χ2v) is 6.87. The average Bonchev–Trinajstić information content (AvgIpc) is 3.11. The molecule has 0 saturated heterocycles. The van der Waals surface area contributed by atoms with Crippen LogP contribution in [0.4, 0.5) is 4.79 Å². The number of methoxy groups -OCH3 is 1. The first kappa shape index (κ1) is 17.0. The number of imidazole rings is 1. The molecule has 1 amide bonds. The van der Waals surface area contributed by atoms with Gasteiger partial charge in [-0.25, -0.2) is 9.78 Å². The number of hydrogen-bond acceptors (Lipinski definition) is 4. The average molecular weight is 372 g/mol. The highest BCUT2D eigenvalue weighted by Crippen LogP contribution is 2.40. The summed E-state index contributed by atoms with van der Waals surface area (Å²) in [6, 6.07) is -0.531. The molecule has 1 saturated carbocycles. The van der Waals surface area contributed by atoms with Gasteiger partial charge in [0.1, 0.15) is 10.4 Å². The van der Waals surface area contributed by atoms with Crippen LogP contribution in [0.3, 0.4) is 0 Å². The normalized spacial score (nSPS) is 22.6. The Morgan fingerprint density at radius 2 is 2.18 bits per heavy atom. The van der Waals surface area contributed by atoms with Crippen LogP contribution in [0.25, 0.3) is 0 Å². The van der Waals surface area contributed by atoms with Gasteiger partial charge in [-0.15, -0.1) is 0 Å². The molecule has 1 fully saturated rings. The van der Waals surface area contributed by atoms with Gasteiger partial charge < -0.3 is 15.0 Å². The summed E-state index contributed by atoms with van der Waals surface area (Å²) < 4.78 is 5.45. The van der Waals surface area contributed by atoms with E-state index < -0.39 is 12.1 Å². The fourth-order valence-corrected chi connectivity index (χ4v) is 3.42. The van der Waals surface area contributed by atoms with Crippen molar-refractivity contribution in [2.75, 3.05) is 7.11 Å². The molecule has 0 aliphatic heterocycles. The number of H-pyrrole nitrogens is 1. The molecule has 3 atom stereocenters. The van der Waals surface area contributed by atoms with Crippen LogP contribution in [0.5, 0.6) is 0 Å². The third-order valence-electron chi connectivity index (χ3n) is 4.23. The Balaban J connectivity index is 2.16. The molecular formula is C15H22BrN3O3. The van der Waals surface area contributed by atoms with Crippen LogP contribution < -0.4 is 5.32 Å². The number of ether oxygens (including phenoxy) is 1. The van der Waals surface area contributed by atoms with Crippen LogP contribution in [0.2, 0.25) is 0 Å². The second kappa shape index (κ2) is 7.26. The zero-order valence-electron chi connectivity index (χ0n) is 13.1. The van der Waals surface area contributed by atoms with Crippen molar-refractivity contribution in [3.8, 4) is 0 Å². The van der Waals surface area contributed by atoms with E-state index in [0.29, 0.717) is 0 Å². The first-order chi connectivity index (χ1) is 10.4. The van der Waals surface area contributed by atoms with E-state index in [2.05, 4.69) is 36.0 Å². The zero-order valence-corrected chi connectivity index (χ0v) is 14.6. The number of carbonyl (C=O) groups is 2. The van der Waals surface area contributed by atoms with Crippen LogP contribution in [0.1, 0.15) is 44.9 Å². The number of nitrogens with one attached hydrogen (secondary N) is 2. The van der Waals surface area contributed by atoms with Crippen molar-refractivity contribution >= 4 is 27.8 Å². The van der Waals surface area contributed by atoms with Crippen LogP contribution in [-0.2, 0) is 9.53 Å². The lowest BCUT2D eigenvalue weighted by Gasteiger charge is -2.26. The van der Waals surface area contributed by atoms with Gasteiger partial charge in [0.15, 0.2) is 5.78 Å². The smallest absolute Gasteiger partial charge is 0.407 e. The first-order valence-electron chi connectivity index (χ1n) is 7.52. The summed E-state index contributed by atoms with van der Waals surface area (Å²) in [5.74, 6) is 0.872. The summed E-state index contributed by atoms with van der Waals surface area (Å²) >= 11 is 3.35. The van der Waals surface area contributed by atoms with Crippen molar-refractivity contribution in [1.29, 1.82) is 0 Å². The van der Waals surface area contributed by atoms with E-state index in [-0.39, 0.29) is 23.5 Å². The van der Waals surface area contributed by atoms with Gasteiger partial charge in [0.05, 0.1) is 19.3 Å². The number of halogens is 1. The lowest BCUT2D eigenvalue weighted by Crippen LogP contribution is -2.47. The summed E-state index contributed by atoms with van der Waals surface area (Å²) in [5.41, 5.74) is 0. The summed E-state index contributed by atoms with van der Waals surface area (Å²) in [6.45, 7) is 3.85. The Kier molecular flexibility index (Phi) is 5.61. The largest absolute Gasteiger partial charge is 0.453 e. The Morgan fingerprint density at radius 3 is 2.73 bits per heavy atom. The van der Waals surface area contributed by atoms with E-state index in [1.807, 2.05) is 13.8 Å². The van der Waals surface area contributed by atoms with Gasteiger partial charge in [0.25, 0.3) is 0 Å². The summed E-state index contributed by atoms with van der Waals surface area (Å²) in [6.07, 6.45) is 3.89. The molecule has 22 heavy (non-hydrogen) atoms. The summed E-state index contributed by atoms with van der Waals surface area (Å²) in [7, 11) is 1.30. The molecule has 1 aliphatic rings. The SMILES string of the molecule is COC(=O)N[C@H](C(=O)C1CCC[C@H]1c1ncc(Br)[nH]1)C(C)C. The topological polar surface area (TPSA) is 84.1 Å². The molecule has 0 aromatic carbocycles. The van der Waals surface area contributed by atoms with Gasteiger partial charge in [-0.1, -0.05) is 20.3 Å². The van der Waals surface area contributed by atoms with E-state index >= 15 is 0 Å². The maximum atomic E-state index is 12.9. The van der Waals surface area contributed by atoms with Gasteiger partial charge in [-0.05, 0) is 34.7 Å². The molecule has 1 heterocycles. The number of nitrogens with zero attached hydrogens (tertiary/aromatic N) is 1. The maximum absolute atomic E-state index is 12.9. The molecule has 2 N–H and O–H groups in total. The summed E-state index contributed by atoms with van der Waals surface area (Å²) in [4.78, 5) is 31.9. The minimum Gasteiger partial charge on any atom is -0.453 e. The molecule has 2 rings (SSSR count). The van der Waals surface area contributed by atoms with Crippen molar-refractivity contribution in [3.63, 3.8) is 0 Å². The van der Waals surface area contributed by atoms with Gasteiger partial charge in [0, 0.05) is 11.8 Å². The molecule has 0 bridgehead atoms. The van der Waals surface area contributed by atoms with E-state index in [4.69, 9.17) is 0 Å². The predicted octanol–water partition coefficient (Wildman–Crippen LogP) is 3.01. The monoisotopic (exact) mass is 371 g/mol. The molecular weight excluding hydrogens is 350 g/mol. The maximum Gasteiger partial charge on any atom is 0.407 e. The number of aromatic amines is 1. The molecule has 0 spiro atoms. The van der Waals surface area contributed by atoms with E-state index in [9.17, 15) is 9.59 Å². The number of carbonyl (C=O) groups excluding carboxylic acids is 2. The van der Waals surface area contributed by atoms with Crippen LogP contribution in [0, 0.1) is 11.8 Å². The standard InChI is InChI=1S/C15H22BrN3O3/c1-8(2)12(19-15(21)22-3)13(20)9-5-4-6-10(9)14-17-7-11(16)18-14/h7-10,12H,4-6H2,1-3H3,(H,17,18)(H,19,21)/t9?,10-,12+/m1/s1. The number of Topliss-reactive ketones (excluding diaryl/α,β-unsaturated/α-hetero) is 1. The Morgan fingerprint density at radius 1 is 1.45 bits per heavy atom. The third-order valence-corrected chi connectivity index (χ3v) is 4.63. The van der Waals surface area contributed by atoms with Gasteiger partial charge >= 0.3 is 6.09 Å². The third kappa shape index (κ3) is 3.69. The van der Waals surface area contributed by atoms with Gasteiger partial charge in [-0.2, -0.15) is 0 Å². The van der Waals surface area contributed by atoms with Crippen molar-refractivity contribution in [1.82, 2.24) is 15.3 Å². The van der Waals surface area contributed by atoms with Crippen LogP contribution >= 0.6 is 15.9 Å². The van der Waals surface area contributed by atoms with Gasteiger partial charge in [-0.3, -0.25) is 4.79 Å². The molecule has 122 valence electrons. The van der Waals surface area contributed by atoms with Crippen LogP contribution in [-0.4, -0.2) is 35.0 Å². The lowest BCUT2D eigenvalue weighted by molar-refractivity contribution is -0.126. The number of rotatable bonds is 5. The first-order valence-corrected chi connectivity index (χ1v) is 8.32. The lowest BCUT2D eigenvalue weighted by atomic mass is 9.84. The Hall–Kier alpha value is -1.37. The quantitative estimate of drug-likeness (QED) is 0.832. The molecule has 0 radical (unpaired) electrons. The van der Waals surface area contributed by atoms with Crippen molar-refractivity contribution in [2.24, 2.45) is 11.8 Å². The minimum absolute atomic E-state index is 0.0104. The van der Waals surface area contributed by atoms with Crippen molar-refractivity contribution in [2.45, 2.75) is 45.1 Å². The van der Waals surface area contributed by atoms with E-state index in [0.717, 1.165) is 29.7 Å².